The van der Waals surface area contributed by atoms with E-state index in [1.54, 1.807) is 0 Å². The van der Waals surface area contributed by atoms with Crippen molar-refractivity contribution in [1.29, 1.82) is 0 Å². The SMILES string of the molecule is CC(CC(N)=NO)NCCN(C)C(C)C. The Kier molecular flexibility index (Phi) is 7.07. The second-order valence-corrected chi connectivity index (χ2v) is 4.22. The van der Waals surface area contributed by atoms with Gasteiger partial charge in [0.05, 0.1) is 0 Å². The van der Waals surface area contributed by atoms with Gasteiger partial charge in [0.15, 0.2) is 0 Å². The van der Waals surface area contributed by atoms with Crippen molar-refractivity contribution in [3.05, 3.63) is 0 Å². The van der Waals surface area contributed by atoms with Gasteiger partial charge >= 0.3 is 0 Å². The second kappa shape index (κ2) is 7.48. The van der Waals surface area contributed by atoms with E-state index in [2.05, 4.69) is 36.3 Å². The molecule has 0 aromatic heterocycles. The monoisotopic (exact) mass is 216 g/mol. The van der Waals surface area contributed by atoms with Crippen LogP contribution in [0.2, 0.25) is 0 Å². The van der Waals surface area contributed by atoms with E-state index in [4.69, 9.17) is 10.9 Å². The van der Waals surface area contributed by atoms with Crippen LogP contribution in [0.3, 0.4) is 0 Å². The van der Waals surface area contributed by atoms with E-state index in [1.165, 1.54) is 0 Å². The van der Waals surface area contributed by atoms with E-state index >= 15 is 0 Å². The highest BCUT2D eigenvalue weighted by molar-refractivity contribution is 5.80. The molecule has 90 valence electrons. The molecule has 0 aliphatic heterocycles. The first kappa shape index (κ1) is 14.2. The van der Waals surface area contributed by atoms with E-state index in [-0.39, 0.29) is 11.9 Å². The molecule has 1 unspecified atom stereocenters. The lowest BCUT2D eigenvalue weighted by Crippen LogP contribution is -2.38. The molecule has 5 nitrogen and oxygen atoms in total. The molecule has 0 heterocycles. The fourth-order valence-electron chi connectivity index (χ4n) is 1.17. The number of nitrogens with two attached hydrogens (primary N) is 1. The van der Waals surface area contributed by atoms with Gasteiger partial charge in [0.25, 0.3) is 0 Å². The molecule has 0 aliphatic carbocycles. The molecule has 0 saturated carbocycles. The Morgan fingerprint density at radius 1 is 1.47 bits per heavy atom. The van der Waals surface area contributed by atoms with Gasteiger partial charge in [-0.3, -0.25) is 0 Å². The van der Waals surface area contributed by atoms with Crippen LogP contribution in [0.15, 0.2) is 5.16 Å². The van der Waals surface area contributed by atoms with Crippen LogP contribution in [0.4, 0.5) is 0 Å². The number of oxime groups is 1. The topological polar surface area (TPSA) is 73.9 Å². The molecule has 0 bridgehead atoms. The van der Waals surface area contributed by atoms with Gasteiger partial charge in [-0.15, -0.1) is 0 Å². The first-order valence-corrected chi connectivity index (χ1v) is 5.37. The third-order valence-electron chi connectivity index (χ3n) is 2.48. The second-order valence-electron chi connectivity index (χ2n) is 4.22. The number of hydrogen-bond acceptors (Lipinski definition) is 4. The minimum atomic E-state index is 0.237. The smallest absolute Gasteiger partial charge is 0.140 e. The predicted octanol–water partition coefficient (Wildman–Crippen LogP) is 0.441. The predicted molar refractivity (Wildman–Crippen MR) is 63.3 cm³/mol. The van der Waals surface area contributed by atoms with E-state index in [1.807, 2.05) is 6.92 Å². The van der Waals surface area contributed by atoms with Gasteiger partial charge in [0.2, 0.25) is 0 Å². The Labute approximate surface area is 92.3 Å². The first-order chi connectivity index (χ1) is 6.97. The van der Waals surface area contributed by atoms with Gasteiger partial charge < -0.3 is 21.2 Å². The molecule has 0 saturated heterocycles. The summed E-state index contributed by atoms with van der Waals surface area (Å²) in [5.74, 6) is 0.271. The minimum Gasteiger partial charge on any atom is -0.409 e. The molecule has 4 N–H and O–H groups in total. The van der Waals surface area contributed by atoms with Crippen LogP contribution in [-0.4, -0.2) is 48.2 Å². The summed E-state index contributed by atoms with van der Waals surface area (Å²) >= 11 is 0. The third-order valence-corrected chi connectivity index (χ3v) is 2.48. The average Bonchev–Trinajstić information content (AvgIpc) is 2.17. The summed E-state index contributed by atoms with van der Waals surface area (Å²) in [6, 6.07) is 0.799. The highest BCUT2D eigenvalue weighted by Crippen LogP contribution is 1.93. The molecule has 5 heteroatoms. The number of nitrogens with zero attached hydrogens (tertiary/aromatic N) is 2. The van der Waals surface area contributed by atoms with E-state index < -0.39 is 0 Å². The van der Waals surface area contributed by atoms with Gasteiger partial charge in [-0.25, -0.2) is 0 Å². The van der Waals surface area contributed by atoms with Crippen LogP contribution in [-0.2, 0) is 0 Å². The number of rotatable bonds is 7. The van der Waals surface area contributed by atoms with Crippen molar-refractivity contribution < 1.29 is 5.21 Å². The zero-order valence-corrected chi connectivity index (χ0v) is 10.2. The Morgan fingerprint density at radius 2 is 2.07 bits per heavy atom. The number of nitrogens with one attached hydrogen (secondary N) is 1. The molecule has 0 aromatic carbocycles. The van der Waals surface area contributed by atoms with Crippen molar-refractivity contribution in [2.75, 3.05) is 20.1 Å². The Bertz CT molecular complexity index is 194. The standard InChI is InChI=1S/C10H24N4O/c1-8(2)14(4)6-5-12-9(3)7-10(11)13-15/h8-9,12,15H,5-7H2,1-4H3,(H2,11,13). The summed E-state index contributed by atoms with van der Waals surface area (Å²) in [4.78, 5) is 2.27. The molecular formula is C10H24N4O. The first-order valence-electron chi connectivity index (χ1n) is 5.37. The summed E-state index contributed by atoms with van der Waals surface area (Å²) < 4.78 is 0. The molecule has 1 atom stereocenters. The summed E-state index contributed by atoms with van der Waals surface area (Å²) in [7, 11) is 2.10. The minimum absolute atomic E-state index is 0.237. The van der Waals surface area contributed by atoms with Gasteiger partial charge in [0, 0.05) is 31.6 Å². The summed E-state index contributed by atoms with van der Waals surface area (Å²) in [6.45, 7) is 8.26. The third kappa shape index (κ3) is 7.16. The van der Waals surface area contributed by atoms with E-state index in [0.717, 1.165) is 13.1 Å². The Morgan fingerprint density at radius 3 is 2.53 bits per heavy atom. The Hall–Kier alpha value is -0.810. The molecule has 0 fully saturated rings. The molecule has 0 aromatic rings. The van der Waals surface area contributed by atoms with Gasteiger partial charge in [0.1, 0.15) is 5.84 Å². The highest BCUT2D eigenvalue weighted by Gasteiger charge is 2.06. The maximum atomic E-state index is 8.40. The summed E-state index contributed by atoms with van der Waals surface area (Å²) in [5.41, 5.74) is 5.40. The number of hydrogen-bond donors (Lipinski definition) is 3. The number of likely N-dealkylation sites (N-methyl/N-ethyl adjacent to an activating group) is 1. The van der Waals surface area contributed by atoms with Crippen LogP contribution in [0.1, 0.15) is 27.2 Å². The molecule has 0 amide bonds. The van der Waals surface area contributed by atoms with E-state index in [9.17, 15) is 0 Å². The van der Waals surface area contributed by atoms with Gasteiger partial charge in [-0.1, -0.05) is 5.16 Å². The Balaban J connectivity index is 3.59. The van der Waals surface area contributed by atoms with Crippen molar-refractivity contribution in [3.8, 4) is 0 Å². The van der Waals surface area contributed by atoms with Crippen LogP contribution in [0, 0.1) is 0 Å². The van der Waals surface area contributed by atoms with Crippen molar-refractivity contribution >= 4 is 5.84 Å². The summed E-state index contributed by atoms with van der Waals surface area (Å²) in [6.07, 6.45) is 0.571. The van der Waals surface area contributed by atoms with Crippen molar-refractivity contribution in [1.82, 2.24) is 10.2 Å². The lowest BCUT2D eigenvalue weighted by molar-refractivity contribution is 0.269. The van der Waals surface area contributed by atoms with Crippen molar-refractivity contribution in [3.63, 3.8) is 0 Å². The molecule has 15 heavy (non-hydrogen) atoms. The average molecular weight is 216 g/mol. The largest absolute Gasteiger partial charge is 0.409 e. The lowest BCUT2D eigenvalue weighted by Gasteiger charge is -2.22. The van der Waals surface area contributed by atoms with Gasteiger partial charge in [-0.05, 0) is 27.8 Å². The van der Waals surface area contributed by atoms with Gasteiger partial charge in [-0.2, -0.15) is 0 Å². The van der Waals surface area contributed by atoms with E-state index in [0.29, 0.717) is 12.5 Å². The van der Waals surface area contributed by atoms with Crippen molar-refractivity contribution in [2.24, 2.45) is 10.9 Å². The molecule has 0 rings (SSSR count). The quantitative estimate of drug-likeness (QED) is 0.250. The zero-order chi connectivity index (χ0) is 11.8. The molecule has 0 aliphatic rings. The lowest BCUT2D eigenvalue weighted by atomic mass is 10.2. The zero-order valence-electron chi connectivity index (χ0n) is 10.2. The molecule has 0 radical (unpaired) electrons. The maximum absolute atomic E-state index is 8.40. The van der Waals surface area contributed by atoms with Crippen LogP contribution in [0.5, 0.6) is 0 Å². The fourth-order valence-corrected chi connectivity index (χ4v) is 1.17. The molecular weight excluding hydrogens is 192 g/mol. The molecule has 0 spiro atoms. The number of amidine groups is 1. The fraction of sp³-hybridized carbons (Fsp3) is 0.900. The van der Waals surface area contributed by atoms with Crippen LogP contribution < -0.4 is 11.1 Å². The maximum Gasteiger partial charge on any atom is 0.140 e. The highest BCUT2D eigenvalue weighted by atomic mass is 16.4. The van der Waals surface area contributed by atoms with Crippen LogP contribution >= 0.6 is 0 Å². The normalized spacial score (nSPS) is 14.9. The summed E-state index contributed by atoms with van der Waals surface area (Å²) in [5, 5.41) is 14.7. The van der Waals surface area contributed by atoms with Crippen LogP contribution in [0.25, 0.3) is 0 Å². The van der Waals surface area contributed by atoms with Crippen molar-refractivity contribution in [2.45, 2.75) is 39.3 Å².